The second kappa shape index (κ2) is 8.17. The predicted octanol–water partition coefficient (Wildman–Crippen LogP) is 0.891. The number of aromatic hydroxyl groups is 2. The van der Waals surface area contributed by atoms with Crippen LogP contribution in [0, 0.1) is 6.92 Å². The van der Waals surface area contributed by atoms with Crippen molar-refractivity contribution in [1.82, 2.24) is 9.80 Å². The molecular weight excluding hydrogens is 404 g/mol. The van der Waals surface area contributed by atoms with Gasteiger partial charge in [-0.2, -0.15) is 0 Å². The zero-order valence-corrected chi connectivity index (χ0v) is 16.9. The zero-order chi connectivity index (χ0) is 22.1. The van der Waals surface area contributed by atoms with E-state index in [-0.39, 0.29) is 37.1 Å². The van der Waals surface area contributed by atoms with Gasteiger partial charge in [-0.15, -0.1) is 0 Å². The molecule has 31 heavy (non-hydrogen) atoms. The number of amides is 2. The monoisotopic (exact) mass is 426 g/mol. The zero-order valence-electron chi connectivity index (χ0n) is 16.9. The highest BCUT2D eigenvalue weighted by Crippen LogP contribution is 2.31. The Hall–Kier alpha value is -3.75. The van der Waals surface area contributed by atoms with Crippen LogP contribution in [0.5, 0.6) is 23.0 Å². The fourth-order valence-electron chi connectivity index (χ4n) is 3.66. The van der Waals surface area contributed by atoms with Crippen molar-refractivity contribution in [2.75, 3.05) is 32.8 Å². The van der Waals surface area contributed by atoms with Crippen molar-refractivity contribution in [3.8, 4) is 23.0 Å². The Labute approximate surface area is 178 Å². The van der Waals surface area contributed by atoms with E-state index in [9.17, 15) is 24.6 Å². The van der Waals surface area contributed by atoms with Crippen molar-refractivity contribution in [3.63, 3.8) is 0 Å². The molecule has 2 heterocycles. The first-order valence-corrected chi connectivity index (χ1v) is 9.88. The second-order valence-corrected chi connectivity index (χ2v) is 7.47. The third-order valence-electron chi connectivity index (χ3n) is 5.42. The van der Waals surface area contributed by atoms with E-state index < -0.39 is 23.0 Å². The number of carbonyl (C=O) groups excluding carboxylic acids is 2. The van der Waals surface area contributed by atoms with Crippen molar-refractivity contribution in [2.24, 2.45) is 0 Å². The molecule has 2 N–H and O–H groups in total. The van der Waals surface area contributed by atoms with Gasteiger partial charge >= 0.3 is 0 Å². The summed E-state index contributed by atoms with van der Waals surface area (Å²) in [6.45, 7) is 2.87. The molecule has 9 heteroatoms. The van der Waals surface area contributed by atoms with Gasteiger partial charge in [-0.05, 0) is 36.8 Å². The minimum Gasteiger partial charge on any atom is -0.504 e. The molecule has 1 fully saturated rings. The highest BCUT2D eigenvalue weighted by Gasteiger charge is 2.33. The van der Waals surface area contributed by atoms with Crippen LogP contribution in [0.2, 0.25) is 0 Å². The molecule has 2 aromatic carbocycles. The quantitative estimate of drug-likeness (QED) is 0.733. The topological polar surface area (TPSA) is 117 Å². The standard InChI is InChI=1S/C22H22N2O7/c1-13-10-15(25)20(27)16(26)11-14(13)21(28)23-6-8-24(9-7-23)22(29)19-12-30-17-4-2-3-5-18(17)31-19/h2-5,10-11,19H,6-9,12H2,1H3,(H2,25,26,27). The Morgan fingerprint density at radius 1 is 1.00 bits per heavy atom. The maximum absolute atomic E-state index is 12.9. The van der Waals surface area contributed by atoms with E-state index in [2.05, 4.69) is 0 Å². The van der Waals surface area contributed by atoms with E-state index in [0.717, 1.165) is 12.1 Å². The average molecular weight is 426 g/mol. The van der Waals surface area contributed by atoms with Crippen LogP contribution in [0.1, 0.15) is 15.9 Å². The van der Waals surface area contributed by atoms with E-state index in [1.807, 2.05) is 6.07 Å². The number of piperazine rings is 1. The van der Waals surface area contributed by atoms with Crippen molar-refractivity contribution < 1.29 is 29.3 Å². The third-order valence-corrected chi connectivity index (χ3v) is 5.42. The molecule has 0 bridgehead atoms. The molecule has 1 saturated heterocycles. The van der Waals surface area contributed by atoms with Gasteiger partial charge < -0.3 is 29.5 Å². The first-order chi connectivity index (χ1) is 14.8. The van der Waals surface area contributed by atoms with Gasteiger partial charge in [-0.25, -0.2) is 0 Å². The molecular formula is C22H22N2O7. The van der Waals surface area contributed by atoms with Gasteiger partial charge in [0.05, 0.1) is 0 Å². The summed E-state index contributed by atoms with van der Waals surface area (Å²) in [6, 6.07) is 9.36. The molecule has 2 aliphatic heterocycles. The average Bonchev–Trinajstić information content (AvgIpc) is 2.89. The summed E-state index contributed by atoms with van der Waals surface area (Å²) in [7, 11) is 0. The molecule has 0 aromatic heterocycles. The minimum atomic E-state index is -0.797. The molecule has 1 atom stereocenters. The summed E-state index contributed by atoms with van der Waals surface area (Å²) in [4.78, 5) is 40.7. The van der Waals surface area contributed by atoms with Gasteiger partial charge in [-0.3, -0.25) is 14.4 Å². The van der Waals surface area contributed by atoms with E-state index in [1.54, 1.807) is 34.9 Å². The maximum atomic E-state index is 12.9. The van der Waals surface area contributed by atoms with Gasteiger partial charge in [0.2, 0.25) is 17.3 Å². The largest absolute Gasteiger partial charge is 0.504 e. The normalized spacial score (nSPS) is 17.9. The molecule has 1 unspecified atom stereocenters. The third kappa shape index (κ3) is 3.98. The first-order valence-electron chi connectivity index (χ1n) is 9.88. The molecule has 0 spiro atoms. The number of rotatable bonds is 2. The number of hydrogen-bond donors (Lipinski definition) is 2. The van der Waals surface area contributed by atoms with E-state index in [0.29, 0.717) is 30.2 Å². The summed E-state index contributed by atoms with van der Waals surface area (Å²) in [5, 5.41) is 19.5. The summed E-state index contributed by atoms with van der Waals surface area (Å²) < 4.78 is 11.4. The van der Waals surface area contributed by atoms with Crippen LogP contribution in [0.25, 0.3) is 0 Å². The molecule has 4 rings (SSSR count). The van der Waals surface area contributed by atoms with Gasteiger partial charge in [0, 0.05) is 31.7 Å². The van der Waals surface area contributed by atoms with Crippen LogP contribution in [0.4, 0.5) is 0 Å². The molecule has 2 aliphatic rings. The minimum absolute atomic E-state index is 0.120. The second-order valence-electron chi connectivity index (χ2n) is 7.47. The van der Waals surface area contributed by atoms with Crippen molar-refractivity contribution in [2.45, 2.75) is 13.0 Å². The van der Waals surface area contributed by atoms with Crippen LogP contribution in [-0.4, -0.2) is 70.7 Å². The number of hydrogen-bond acceptors (Lipinski definition) is 7. The van der Waals surface area contributed by atoms with Gasteiger partial charge in [-0.1, -0.05) is 12.1 Å². The Bertz CT molecular complexity index is 1090. The smallest absolute Gasteiger partial charge is 0.267 e. The van der Waals surface area contributed by atoms with Crippen LogP contribution in [0.3, 0.4) is 0 Å². The Balaban J connectivity index is 1.42. The Morgan fingerprint density at radius 2 is 1.65 bits per heavy atom. The lowest BCUT2D eigenvalue weighted by Crippen LogP contribution is -2.55. The number of benzene rings is 1. The molecule has 2 aromatic rings. The van der Waals surface area contributed by atoms with Gasteiger partial charge in [0.1, 0.15) is 6.61 Å². The summed E-state index contributed by atoms with van der Waals surface area (Å²) in [5.74, 6) is -0.916. The molecule has 0 radical (unpaired) electrons. The fourth-order valence-corrected chi connectivity index (χ4v) is 3.66. The van der Waals surface area contributed by atoms with Gasteiger partial charge in [0.25, 0.3) is 11.8 Å². The summed E-state index contributed by atoms with van der Waals surface area (Å²) >= 11 is 0. The molecule has 2 amide bonds. The lowest BCUT2D eigenvalue weighted by Gasteiger charge is -2.37. The fraction of sp³-hybridized carbons (Fsp3) is 0.318. The molecule has 0 saturated carbocycles. The van der Waals surface area contributed by atoms with Crippen LogP contribution in [0.15, 0.2) is 41.2 Å². The molecule has 162 valence electrons. The number of ether oxygens (including phenoxy) is 2. The lowest BCUT2D eigenvalue weighted by atomic mass is 10.1. The van der Waals surface area contributed by atoms with Crippen LogP contribution < -0.4 is 14.9 Å². The number of para-hydroxylation sites is 2. The Kier molecular flexibility index (Phi) is 5.41. The van der Waals surface area contributed by atoms with E-state index >= 15 is 0 Å². The highest BCUT2D eigenvalue weighted by molar-refractivity contribution is 5.96. The summed E-state index contributed by atoms with van der Waals surface area (Å²) in [6.07, 6.45) is -0.747. The van der Waals surface area contributed by atoms with E-state index in [1.165, 1.54) is 0 Å². The molecule has 9 nitrogen and oxygen atoms in total. The Morgan fingerprint density at radius 3 is 2.35 bits per heavy atom. The first kappa shape index (κ1) is 20.5. The summed E-state index contributed by atoms with van der Waals surface area (Å²) in [5.41, 5.74) is -0.299. The van der Waals surface area contributed by atoms with Crippen molar-refractivity contribution in [1.29, 1.82) is 0 Å². The van der Waals surface area contributed by atoms with Crippen LogP contribution in [-0.2, 0) is 4.79 Å². The van der Waals surface area contributed by atoms with Gasteiger partial charge in [0.15, 0.2) is 17.2 Å². The number of aryl methyl sites for hydroxylation is 1. The lowest BCUT2D eigenvalue weighted by molar-refractivity contribution is -0.142. The van der Waals surface area contributed by atoms with Crippen LogP contribution >= 0.6 is 0 Å². The SMILES string of the molecule is Cc1cc(=O)c(O)c(O)cc1C(=O)N1CCN(C(=O)C2COc3ccccc3O2)CC1. The predicted molar refractivity (Wildman–Crippen MR) is 110 cm³/mol. The number of carbonyl (C=O) groups is 2. The molecule has 0 aliphatic carbocycles. The van der Waals surface area contributed by atoms with E-state index in [4.69, 9.17) is 9.47 Å². The van der Waals surface area contributed by atoms with Crippen molar-refractivity contribution in [3.05, 3.63) is 57.7 Å². The highest BCUT2D eigenvalue weighted by atomic mass is 16.6. The maximum Gasteiger partial charge on any atom is 0.267 e. The number of fused-ring (bicyclic) bond motifs is 1. The number of nitrogens with zero attached hydrogens (tertiary/aromatic N) is 2. The van der Waals surface area contributed by atoms with Crippen molar-refractivity contribution >= 4 is 11.8 Å².